The van der Waals surface area contributed by atoms with Crippen LogP contribution in [0.4, 0.5) is 0 Å². The Morgan fingerprint density at radius 1 is 1.26 bits per heavy atom. The molecule has 0 radical (unpaired) electrons. The van der Waals surface area contributed by atoms with Gasteiger partial charge in [0.15, 0.2) is 6.67 Å². The standard InChI is InChI=1S/C17H25N5S/c1-4-15-7-5-6-10-20(15)12-21-17(23)22(19-18-21)16-9-8-13(2)11-14(16)3/h8-9,11,15H,4-7,10,12H2,1-3H3/p+1/t15-/m0/s1. The van der Waals surface area contributed by atoms with Crippen molar-refractivity contribution in [1.82, 2.24) is 19.8 Å². The summed E-state index contributed by atoms with van der Waals surface area (Å²) in [6, 6.07) is 7.03. The SMILES string of the molecule is CC[C@H]1CCCC[NH+]1Cn1nnn(-c2ccc(C)cc2C)c1=S. The molecule has 124 valence electrons. The Bertz CT molecular complexity index is 733. The molecule has 1 aliphatic heterocycles. The Labute approximate surface area is 142 Å². The molecule has 3 rings (SSSR count). The van der Waals surface area contributed by atoms with Gasteiger partial charge in [-0.2, -0.15) is 9.36 Å². The summed E-state index contributed by atoms with van der Waals surface area (Å²) >= 11 is 5.63. The lowest BCUT2D eigenvalue weighted by Gasteiger charge is -2.31. The number of likely N-dealkylation sites (tertiary alicyclic amines) is 1. The molecule has 2 atom stereocenters. The molecule has 2 heterocycles. The largest absolute Gasteiger partial charge is 0.314 e. The molecule has 5 nitrogen and oxygen atoms in total. The molecule has 0 amide bonds. The molecule has 0 aliphatic carbocycles. The number of rotatable bonds is 4. The number of aromatic nitrogens is 4. The molecule has 0 bridgehead atoms. The van der Waals surface area contributed by atoms with Crippen molar-refractivity contribution in [3.05, 3.63) is 34.1 Å². The van der Waals surface area contributed by atoms with E-state index in [4.69, 9.17) is 12.2 Å². The minimum atomic E-state index is 0.685. The molecule has 1 N–H and O–H groups in total. The van der Waals surface area contributed by atoms with Gasteiger partial charge in [-0.05, 0) is 73.8 Å². The van der Waals surface area contributed by atoms with Gasteiger partial charge in [-0.25, -0.2) is 0 Å². The summed E-state index contributed by atoms with van der Waals surface area (Å²) in [4.78, 5) is 1.59. The van der Waals surface area contributed by atoms with Crippen LogP contribution in [-0.4, -0.2) is 32.4 Å². The molecule has 1 saturated heterocycles. The van der Waals surface area contributed by atoms with Crippen molar-refractivity contribution in [2.45, 2.75) is 59.2 Å². The molecule has 1 aromatic carbocycles. The fourth-order valence-corrected chi connectivity index (χ4v) is 3.85. The maximum absolute atomic E-state index is 5.63. The highest BCUT2D eigenvalue weighted by Gasteiger charge is 2.25. The Kier molecular flexibility index (Phi) is 4.92. The van der Waals surface area contributed by atoms with E-state index in [2.05, 4.69) is 49.4 Å². The van der Waals surface area contributed by atoms with Gasteiger partial charge in [-0.1, -0.05) is 24.6 Å². The highest BCUT2D eigenvalue weighted by atomic mass is 32.1. The maximum Gasteiger partial charge on any atom is 0.225 e. The number of nitrogens with zero attached hydrogens (tertiary/aromatic N) is 4. The van der Waals surface area contributed by atoms with E-state index in [-0.39, 0.29) is 0 Å². The first-order chi connectivity index (χ1) is 11.1. The van der Waals surface area contributed by atoms with E-state index < -0.39 is 0 Å². The van der Waals surface area contributed by atoms with Crippen molar-refractivity contribution in [2.24, 2.45) is 0 Å². The van der Waals surface area contributed by atoms with E-state index in [9.17, 15) is 0 Å². The number of nitrogens with one attached hydrogen (secondary N) is 1. The second-order valence-corrected chi connectivity index (χ2v) is 7.00. The lowest BCUT2D eigenvalue weighted by atomic mass is 10.0. The van der Waals surface area contributed by atoms with Crippen LogP contribution in [0.25, 0.3) is 5.69 Å². The van der Waals surface area contributed by atoms with Crippen LogP contribution < -0.4 is 4.90 Å². The molecule has 6 heteroatoms. The highest BCUT2D eigenvalue weighted by molar-refractivity contribution is 7.71. The summed E-state index contributed by atoms with van der Waals surface area (Å²) in [6.45, 7) is 8.49. The number of benzene rings is 1. The summed E-state index contributed by atoms with van der Waals surface area (Å²) in [5, 5.41) is 8.63. The number of hydrogen-bond acceptors (Lipinski definition) is 3. The quantitative estimate of drug-likeness (QED) is 0.873. The molecule has 1 fully saturated rings. The van der Waals surface area contributed by atoms with E-state index in [1.807, 2.05) is 4.68 Å². The first-order valence-electron chi connectivity index (χ1n) is 8.55. The number of tetrazole rings is 1. The molecular weight excluding hydrogens is 306 g/mol. The molecule has 1 unspecified atom stereocenters. The van der Waals surface area contributed by atoms with Crippen molar-refractivity contribution < 1.29 is 4.90 Å². The van der Waals surface area contributed by atoms with E-state index in [1.165, 1.54) is 43.4 Å². The number of aryl methyl sites for hydroxylation is 2. The molecule has 23 heavy (non-hydrogen) atoms. The topological polar surface area (TPSA) is 40.1 Å². The number of piperidine rings is 1. The van der Waals surface area contributed by atoms with Gasteiger partial charge in [0.1, 0.15) is 0 Å². The summed E-state index contributed by atoms with van der Waals surface area (Å²) in [5.41, 5.74) is 3.44. The van der Waals surface area contributed by atoms with Crippen LogP contribution in [0.5, 0.6) is 0 Å². The zero-order valence-electron chi connectivity index (χ0n) is 14.2. The van der Waals surface area contributed by atoms with Crippen molar-refractivity contribution in [1.29, 1.82) is 0 Å². The second-order valence-electron chi connectivity index (χ2n) is 6.63. The molecule has 0 saturated carbocycles. The van der Waals surface area contributed by atoms with Crippen molar-refractivity contribution in [3.8, 4) is 5.69 Å². The van der Waals surface area contributed by atoms with Gasteiger partial charge >= 0.3 is 0 Å². The average molecular weight is 332 g/mol. The first kappa shape index (κ1) is 16.3. The van der Waals surface area contributed by atoms with E-state index >= 15 is 0 Å². The lowest BCUT2D eigenvalue weighted by molar-refractivity contribution is -0.953. The summed E-state index contributed by atoms with van der Waals surface area (Å²) in [5.74, 6) is 0. The number of quaternary nitrogens is 1. The van der Waals surface area contributed by atoms with Gasteiger partial charge in [0.25, 0.3) is 0 Å². The van der Waals surface area contributed by atoms with Crippen LogP contribution in [0.3, 0.4) is 0 Å². The van der Waals surface area contributed by atoms with E-state index in [0.29, 0.717) is 4.77 Å². The Hall–Kier alpha value is -1.53. The van der Waals surface area contributed by atoms with Gasteiger partial charge in [-0.15, -0.1) is 0 Å². The van der Waals surface area contributed by atoms with Crippen LogP contribution >= 0.6 is 12.2 Å². The smallest absolute Gasteiger partial charge is 0.225 e. The van der Waals surface area contributed by atoms with Crippen molar-refractivity contribution in [3.63, 3.8) is 0 Å². The van der Waals surface area contributed by atoms with Gasteiger partial charge in [0.05, 0.1) is 18.3 Å². The predicted octanol–water partition coefficient (Wildman–Crippen LogP) is 2.22. The highest BCUT2D eigenvalue weighted by Crippen LogP contribution is 2.15. The normalized spacial score (nSPS) is 21.5. The summed E-state index contributed by atoms with van der Waals surface area (Å²) < 4.78 is 4.36. The monoisotopic (exact) mass is 332 g/mol. The fourth-order valence-electron chi connectivity index (χ4n) is 3.61. The zero-order chi connectivity index (χ0) is 16.4. The third-order valence-electron chi connectivity index (χ3n) is 4.94. The Morgan fingerprint density at radius 2 is 2.09 bits per heavy atom. The zero-order valence-corrected chi connectivity index (χ0v) is 15.1. The van der Waals surface area contributed by atoms with Crippen molar-refractivity contribution in [2.75, 3.05) is 6.54 Å². The third kappa shape index (κ3) is 3.38. The van der Waals surface area contributed by atoms with Gasteiger partial charge in [0.2, 0.25) is 4.77 Å². The molecule has 1 aliphatic rings. The van der Waals surface area contributed by atoms with Crippen LogP contribution in [0.2, 0.25) is 0 Å². The molecule has 0 spiro atoms. The van der Waals surface area contributed by atoms with Gasteiger partial charge in [0, 0.05) is 0 Å². The lowest BCUT2D eigenvalue weighted by Crippen LogP contribution is -3.15. The molecule has 2 aromatic rings. The molecule has 1 aromatic heterocycles. The minimum absolute atomic E-state index is 0.685. The van der Waals surface area contributed by atoms with Gasteiger partial charge in [-0.3, -0.25) is 0 Å². The fraction of sp³-hybridized carbons (Fsp3) is 0.588. The predicted molar refractivity (Wildman–Crippen MR) is 93.4 cm³/mol. The van der Waals surface area contributed by atoms with Crippen LogP contribution in [-0.2, 0) is 6.67 Å². The van der Waals surface area contributed by atoms with Crippen LogP contribution in [0.1, 0.15) is 43.7 Å². The average Bonchev–Trinajstić information content (AvgIpc) is 2.89. The summed E-state index contributed by atoms with van der Waals surface area (Å²) in [6.07, 6.45) is 5.17. The first-order valence-corrected chi connectivity index (χ1v) is 8.96. The van der Waals surface area contributed by atoms with Crippen molar-refractivity contribution >= 4 is 12.2 Å². The van der Waals surface area contributed by atoms with E-state index in [1.54, 1.807) is 9.58 Å². The third-order valence-corrected chi connectivity index (χ3v) is 5.33. The van der Waals surface area contributed by atoms with Gasteiger partial charge < -0.3 is 4.90 Å². The maximum atomic E-state index is 5.63. The second kappa shape index (κ2) is 6.93. The van der Waals surface area contributed by atoms with E-state index in [0.717, 1.165) is 18.4 Å². The number of hydrogen-bond donors (Lipinski definition) is 1. The van der Waals surface area contributed by atoms with Crippen LogP contribution in [0.15, 0.2) is 18.2 Å². The summed E-state index contributed by atoms with van der Waals surface area (Å²) in [7, 11) is 0. The van der Waals surface area contributed by atoms with Crippen LogP contribution in [0, 0.1) is 18.6 Å². The minimum Gasteiger partial charge on any atom is -0.314 e. The Morgan fingerprint density at radius 3 is 2.83 bits per heavy atom. The molecular formula is C17H26N5S+. The Balaban J connectivity index is 1.86.